The summed E-state index contributed by atoms with van der Waals surface area (Å²) in [6, 6.07) is 30.1. The van der Waals surface area contributed by atoms with Crippen molar-refractivity contribution in [3.63, 3.8) is 0 Å². The van der Waals surface area contributed by atoms with Gasteiger partial charge in [-0.2, -0.15) is 0 Å². The van der Waals surface area contributed by atoms with Crippen LogP contribution in [0, 0.1) is 0 Å². The molecular weight excluding hydrogens is 278 g/mol. The van der Waals surface area contributed by atoms with Crippen LogP contribution in [0.5, 0.6) is 0 Å². The Hall–Kier alpha value is -2.80. The molecule has 1 heteroatoms. The summed E-state index contributed by atoms with van der Waals surface area (Å²) < 4.78 is 0. The Morgan fingerprint density at radius 2 is 1.22 bits per heavy atom. The summed E-state index contributed by atoms with van der Waals surface area (Å²) in [4.78, 5) is 2.34. The van der Waals surface area contributed by atoms with Crippen molar-refractivity contribution in [2.24, 2.45) is 0 Å². The van der Waals surface area contributed by atoms with E-state index in [0.717, 1.165) is 6.54 Å². The minimum absolute atomic E-state index is 0.922. The predicted molar refractivity (Wildman–Crippen MR) is 98.5 cm³/mol. The molecule has 3 aromatic rings. The Kier molecular flexibility index (Phi) is 3.47. The van der Waals surface area contributed by atoms with Crippen molar-refractivity contribution in [3.8, 4) is 0 Å². The molecule has 1 nitrogen and oxygen atoms in total. The number of hydrogen-bond donors (Lipinski definition) is 0. The first-order chi connectivity index (χ1) is 11.3. The maximum atomic E-state index is 2.34. The summed E-state index contributed by atoms with van der Waals surface area (Å²) in [5.41, 5.74) is 7.93. The summed E-state index contributed by atoms with van der Waals surface area (Å²) in [7, 11) is 2.17. The summed E-state index contributed by atoms with van der Waals surface area (Å²) in [6.45, 7) is 0.922. The molecule has 1 aliphatic heterocycles. The van der Waals surface area contributed by atoms with E-state index in [1.165, 1.54) is 33.5 Å². The van der Waals surface area contributed by atoms with E-state index in [2.05, 4.69) is 96.9 Å². The van der Waals surface area contributed by atoms with Gasteiger partial charge in [-0.3, -0.25) is 0 Å². The van der Waals surface area contributed by atoms with Gasteiger partial charge in [-0.1, -0.05) is 78.9 Å². The van der Waals surface area contributed by atoms with Gasteiger partial charge in [0.25, 0.3) is 0 Å². The number of para-hydroxylation sites is 1. The molecule has 0 fully saturated rings. The molecule has 0 atom stereocenters. The Balaban J connectivity index is 2.02. The number of likely N-dealkylation sites (N-methyl/N-ethyl adjacent to an activating group) is 1. The first-order valence-corrected chi connectivity index (χ1v) is 7.99. The van der Waals surface area contributed by atoms with Gasteiger partial charge in [-0.15, -0.1) is 0 Å². The Labute approximate surface area is 137 Å². The van der Waals surface area contributed by atoms with Gasteiger partial charge in [0.15, 0.2) is 0 Å². The van der Waals surface area contributed by atoms with Crippen LogP contribution in [0.25, 0.3) is 11.1 Å². The van der Waals surface area contributed by atoms with Crippen LogP contribution < -0.4 is 4.90 Å². The molecule has 3 aromatic carbocycles. The van der Waals surface area contributed by atoms with Crippen LogP contribution in [-0.2, 0) is 0 Å². The second-order valence-electron chi connectivity index (χ2n) is 5.96. The third-order valence-electron chi connectivity index (χ3n) is 4.47. The van der Waals surface area contributed by atoms with Gasteiger partial charge in [0.1, 0.15) is 0 Å². The smallest absolute Gasteiger partial charge is 0.0446 e. The number of benzene rings is 3. The van der Waals surface area contributed by atoms with Crippen molar-refractivity contribution in [1.82, 2.24) is 0 Å². The van der Waals surface area contributed by atoms with E-state index in [1.807, 2.05) is 0 Å². The monoisotopic (exact) mass is 297 g/mol. The highest BCUT2D eigenvalue weighted by Crippen LogP contribution is 2.41. The van der Waals surface area contributed by atoms with Gasteiger partial charge in [0.05, 0.1) is 0 Å². The molecule has 1 heterocycles. The molecule has 0 spiro atoms. The minimum atomic E-state index is 0.922. The Bertz CT molecular complexity index is 847. The number of nitrogens with zero attached hydrogens (tertiary/aromatic N) is 1. The molecule has 0 saturated carbocycles. The van der Waals surface area contributed by atoms with Crippen LogP contribution in [0.15, 0.2) is 84.9 Å². The van der Waals surface area contributed by atoms with Crippen LogP contribution >= 0.6 is 0 Å². The summed E-state index contributed by atoms with van der Waals surface area (Å²) in [5.74, 6) is 0. The third-order valence-corrected chi connectivity index (χ3v) is 4.47. The molecule has 0 aromatic heterocycles. The Morgan fingerprint density at radius 1 is 0.652 bits per heavy atom. The zero-order chi connectivity index (χ0) is 15.6. The zero-order valence-electron chi connectivity index (χ0n) is 13.2. The SMILES string of the molecule is CN1CC(c2ccccc2)=C(c2ccccc2)c2ccccc21. The van der Waals surface area contributed by atoms with Crippen molar-refractivity contribution in [3.05, 3.63) is 102 Å². The highest BCUT2D eigenvalue weighted by molar-refractivity contribution is 6.05. The number of hydrogen-bond acceptors (Lipinski definition) is 1. The van der Waals surface area contributed by atoms with E-state index in [4.69, 9.17) is 0 Å². The van der Waals surface area contributed by atoms with Crippen LogP contribution in [0.3, 0.4) is 0 Å². The normalized spacial score (nSPS) is 13.9. The Morgan fingerprint density at radius 3 is 1.91 bits per heavy atom. The van der Waals surface area contributed by atoms with E-state index in [1.54, 1.807) is 0 Å². The van der Waals surface area contributed by atoms with Crippen LogP contribution in [-0.4, -0.2) is 13.6 Å². The maximum Gasteiger partial charge on any atom is 0.0446 e. The fraction of sp³-hybridized carbons (Fsp3) is 0.0909. The molecule has 0 unspecified atom stereocenters. The van der Waals surface area contributed by atoms with Gasteiger partial charge in [-0.25, -0.2) is 0 Å². The second kappa shape index (κ2) is 5.77. The van der Waals surface area contributed by atoms with E-state index in [-0.39, 0.29) is 0 Å². The zero-order valence-corrected chi connectivity index (χ0v) is 13.2. The third kappa shape index (κ3) is 2.44. The maximum absolute atomic E-state index is 2.34. The fourth-order valence-electron chi connectivity index (χ4n) is 3.39. The van der Waals surface area contributed by atoms with E-state index in [0.29, 0.717) is 0 Å². The summed E-state index contributed by atoms with van der Waals surface area (Å²) in [6.07, 6.45) is 0. The first kappa shape index (κ1) is 13.8. The number of rotatable bonds is 2. The summed E-state index contributed by atoms with van der Waals surface area (Å²) in [5, 5.41) is 0. The van der Waals surface area contributed by atoms with Crippen molar-refractivity contribution in [1.29, 1.82) is 0 Å². The molecule has 0 N–H and O–H groups in total. The molecule has 1 aliphatic rings. The molecule has 4 rings (SSSR count). The van der Waals surface area contributed by atoms with Gasteiger partial charge in [0, 0.05) is 24.8 Å². The predicted octanol–water partition coefficient (Wildman–Crippen LogP) is 5.10. The van der Waals surface area contributed by atoms with Gasteiger partial charge >= 0.3 is 0 Å². The molecule has 0 amide bonds. The lowest BCUT2D eigenvalue weighted by Gasteiger charge is -2.32. The second-order valence-corrected chi connectivity index (χ2v) is 5.96. The topological polar surface area (TPSA) is 3.24 Å². The van der Waals surface area contributed by atoms with Gasteiger partial charge < -0.3 is 4.90 Å². The quantitative estimate of drug-likeness (QED) is 0.636. The number of anilines is 1. The average molecular weight is 297 g/mol. The van der Waals surface area contributed by atoms with Crippen molar-refractivity contribution < 1.29 is 0 Å². The van der Waals surface area contributed by atoms with Gasteiger partial charge in [0.2, 0.25) is 0 Å². The van der Waals surface area contributed by atoms with Crippen molar-refractivity contribution in [2.45, 2.75) is 0 Å². The van der Waals surface area contributed by atoms with E-state index < -0.39 is 0 Å². The lowest BCUT2D eigenvalue weighted by molar-refractivity contribution is 1.02. The lowest BCUT2D eigenvalue weighted by atomic mass is 9.85. The first-order valence-electron chi connectivity index (χ1n) is 7.99. The van der Waals surface area contributed by atoms with Crippen LogP contribution in [0.1, 0.15) is 16.7 Å². The largest absolute Gasteiger partial charge is 0.370 e. The molecule has 0 aliphatic carbocycles. The fourth-order valence-corrected chi connectivity index (χ4v) is 3.39. The highest BCUT2D eigenvalue weighted by Gasteiger charge is 2.23. The molecule has 0 bridgehead atoms. The van der Waals surface area contributed by atoms with Gasteiger partial charge in [-0.05, 0) is 28.3 Å². The average Bonchev–Trinajstić information content (AvgIpc) is 2.63. The van der Waals surface area contributed by atoms with E-state index in [9.17, 15) is 0 Å². The summed E-state index contributed by atoms with van der Waals surface area (Å²) >= 11 is 0. The molecule has 23 heavy (non-hydrogen) atoms. The van der Waals surface area contributed by atoms with Crippen LogP contribution in [0.2, 0.25) is 0 Å². The van der Waals surface area contributed by atoms with Crippen molar-refractivity contribution >= 4 is 16.8 Å². The standard InChI is InChI=1S/C22H19N/c1-23-16-20(17-10-4-2-5-11-17)22(18-12-6-3-7-13-18)19-14-8-9-15-21(19)23/h2-15H,16H2,1H3. The van der Waals surface area contributed by atoms with Crippen molar-refractivity contribution in [2.75, 3.05) is 18.5 Å². The molecular formula is C22H19N. The lowest BCUT2D eigenvalue weighted by Crippen LogP contribution is -2.25. The highest BCUT2D eigenvalue weighted by atomic mass is 15.1. The molecule has 112 valence electrons. The molecule has 0 radical (unpaired) electrons. The number of fused-ring (bicyclic) bond motifs is 1. The van der Waals surface area contributed by atoms with Crippen LogP contribution in [0.4, 0.5) is 5.69 Å². The minimum Gasteiger partial charge on any atom is -0.370 e. The molecule has 0 saturated heterocycles. The van der Waals surface area contributed by atoms with E-state index >= 15 is 0 Å².